The van der Waals surface area contributed by atoms with Gasteiger partial charge in [0.05, 0.1) is 5.41 Å². The standard InChI is InChI=1S/C25H39N3O/c1-6-18-26-24(29)25(16-10-19-27(2)3,17-11-20-28(4)5)23-15-9-13-21-12-7-8-14-22(21)23/h7-9,12-15H,6,10-11,16-20H2,1-5H3,(H,26,29). The fourth-order valence-electron chi connectivity index (χ4n) is 4.19. The average Bonchev–Trinajstić information content (AvgIpc) is 2.70. The Morgan fingerprint density at radius 2 is 1.48 bits per heavy atom. The van der Waals surface area contributed by atoms with E-state index >= 15 is 0 Å². The second-order valence-corrected chi connectivity index (χ2v) is 8.68. The van der Waals surface area contributed by atoms with Crippen LogP contribution in [0, 0.1) is 0 Å². The molecule has 0 aromatic heterocycles. The smallest absolute Gasteiger partial charge is 0.230 e. The predicted molar refractivity (Wildman–Crippen MR) is 125 cm³/mol. The van der Waals surface area contributed by atoms with Crippen molar-refractivity contribution < 1.29 is 4.79 Å². The van der Waals surface area contributed by atoms with Crippen LogP contribution in [0.25, 0.3) is 10.8 Å². The first kappa shape index (κ1) is 23.4. The molecule has 160 valence electrons. The summed E-state index contributed by atoms with van der Waals surface area (Å²) in [5.74, 6) is 0.188. The molecule has 0 fully saturated rings. The molecule has 0 radical (unpaired) electrons. The first-order valence-electron chi connectivity index (χ1n) is 11.0. The largest absolute Gasteiger partial charge is 0.355 e. The quantitative estimate of drug-likeness (QED) is 0.580. The Hall–Kier alpha value is -1.91. The predicted octanol–water partition coefficient (Wildman–Crippen LogP) is 4.29. The Morgan fingerprint density at radius 1 is 0.897 bits per heavy atom. The molecule has 4 nitrogen and oxygen atoms in total. The number of fused-ring (bicyclic) bond motifs is 1. The highest BCUT2D eigenvalue weighted by molar-refractivity contribution is 5.96. The molecule has 1 N–H and O–H groups in total. The third kappa shape index (κ3) is 6.28. The minimum absolute atomic E-state index is 0.188. The highest BCUT2D eigenvalue weighted by Crippen LogP contribution is 2.39. The van der Waals surface area contributed by atoms with Crippen LogP contribution in [0.4, 0.5) is 0 Å². The Balaban J connectivity index is 2.52. The second kappa shape index (κ2) is 11.3. The third-order valence-corrected chi connectivity index (χ3v) is 5.69. The van der Waals surface area contributed by atoms with Gasteiger partial charge in [-0.25, -0.2) is 0 Å². The molecular formula is C25H39N3O. The molecule has 0 spiro atoms. The molecule has 0 unspecified atom stereocenters. The van der Waals surface area contributed by atoms with E-state index in [9.17, 15) is 4.79 Å². The van der Waals surface area contributed by atoms with E-state index in [0.717, 1.165) is 51.7 Å². The topological polar surface area (TPSA) is 35.6 Å². The Bertz CT molecular complexity index is 750. The first-order chi connectivity index (χ1) is 13.9. The lowest BCUT2D eigenvalue weighted by Crippen LogP contribution is -2.45. The summed E-state index contributed by atoms with van der Waals surface area (Å²) in [6, 6.07) is 14.9. The molecule has 4 heteroatoms. The van der Waals surface area contributed by atoms with E-state index in [4.69, 9.17) is 0 Å². The molecule has 0 aliphatic carbocycles. The van der Waals surface area contributed by atoms with Gasteiger partial charge in [0.2, 0.25) is 5.91 Å². The minimum Gasteiger partial charge on any atom is -0.355 e. The molecule has 0 heterocycles. The van der Waals surface area contributed by atoms with Gasteiger partial charge in [0, 0.05) is 6.54 Å². The Kier molecular flexibility index (Phi) is 9.12. The molecule has 2 aromatic rings. The number of hydrogen-bond donors (Lipinski definition) is 1. The Morgan fingerprint density at radius 3 is 2.07 bits per heavy atom. The third-order valence-electron chi connectivity index (χ3n) is 5.69. The van der Waals surface area contributed by atoms with E-state index in [1.807, 2.05) is 0 Å². The zero-order valence-electron chi connectivity index (χ0n) is 19.0. The van der Waals surface area contributed by atoms with Crippen molar-refractivity contribution in [3.05, 3.63) is 48.0 Å². The van der Waals surface area contributed by atoms with Crippen LogP contribution in [0.5, 0.6) is 0 Å². The van der Waals surface area contributed by atoms with Crippen molar-refractivity contribution in [1.29, 1.82) is 0 Å². The number of rotatable bonds is 12. The fourth-order valence-corrected chi connectivity index (χ4v) is 4.19. The van der Waals surface area contributed by atoms with Gasteiger partial charge in [0.1, 0.15) is 0 Å². The molecule has 0 bridgehead atoms. The maximum atomic E-state index is 13.7. The molecule has 0 aliphatic heterocycles. The summed E-state index contributed by atoms with van der Waals surface area (Å²) in [7, 11) is 8.40. The summed E-state index contributed by atoms with van der Waals surface area (Å²) >= 11 is 0. The van der Waals surface area contributed by atoms with E-state index in [1.165, 1.54) is 16.3 Å². The summed E-state index contributed by atoms with van der Waals surface area (Å²) in [6.07, 6.45) is 4.67. The van der Waals surface area contributed by atoms with E-state index in [1.54, 1.807) is 0 Å². The van der Waals surface area contributed by atoms with Crippen molar-refractivity contribution in [2.75, 3.05) is 47.8 Å². The van der Waals surface area contributed by atoms with Crippen molar-refractivity contribution in [1.82, 2.24) is 15.1 Å². The van der Waals surface area contributed by atoms with Gasteiger partial charge in [-0.3, -0.25) is 4.79 Å². The highest BCUT2D eigenvalue weighted by atomic mass is 16.2. The van der Waals surface area contributed by atoms with Gasteiger partial charge in [0.15, 0.2) is 0 Å². The zero-order valence-corrected chi connectivity index (χ0v) is 19.0. The number of amides is 1. The summed E-state index contributed by atoms with van der Waals surface area (Å²) in [5, 5.41) is 5.66. The van der Waals surface area contributed by atoms with Crippen molar-refractivity contribution >= 4 is 16.7 Å². The second-order valence-electron chi connectivity index (χ2n) is 8.68. The summed E-state index contributed by atoms with van der Waals surface area (Å²) in [6.45, 7) is 4.81. The van der Waals surface area contributed by atoms with E-state index < -0.39 is 5.41 Å². The number of benzene rings is 2. The van der Waals surface area contributed by atoms with Gasteiger partial charge in [-0.05, 0) is 89.7 Å². The maximum Gasteiger partial charge on any atom is 0.230 e. The van der Waals surface area contributed by atoms with Crippen LogP contribution in [0.2, 0.25) is 0 Å². The van der Waals surface area contributed by atoms with Gasteiger partial charge in [-0.2, -0.15) is 0 Å². The maximum absolute atomic E-state index is 13.7. The van der Waals surface area contributed by atoms with Crippen LogP contribution >= 0.6 is 0 Å². The van der Waals surface area contributed by atoms with Crippen LogP contribution in [0.1, 0.15) is 44.6 Å². The van der Waals surface area contributed by atoms with Gasteiger partial charge < -0.3 is 15.1 Å². The summed E-state index contributed by atoms with van der Waals surface area (Å²) in [5.41, 5.74) is 0.684. The number of hydrogen-bond acceptors (Lipinski definition) is 3. The number of carbonyl (C=O) groups excluding carboxylic acids is 1. The van der Waals surface area contributed by atoms with Crippen molar-refractivity contribution in [2.45, 2.75) is 44.4 Å². The zero-order chi connectivity index (χ0) is 21.3. The molecule has 1 amide bonds. The van der Waals surface area contributed by atoms with Crippen molar-refractivity contribution in [2.24, 2.45) is 0 Å². The van der Waals surface area contributed by atoms with Crippen molar-refractivity contribution in [3.8, 4) is 0 Å². The number of carbonyl (C=O) groups is 1. The van der Waals surface area contributed by atoms with Gasteiger partial charge in [0.25, 0.3) is 0 Å². The highest BCUT2D eigenvalue weighted by Gasteiger charge is 2.40. The summed E-state index contributed by atoms with van der Waals surface area (Å²) < 4.78 is 0. The molecular weight excluding hydrogens is 358 g/mol. The van der Waals surface area contributed by atoms with Crippen LogP contribution in [0.3, 0.4) is 0 Å². The molecule has 2 rings (SSSR count). The monoisotopic (exact) mass is 397 g/mol. The lowest BCUT2D eigenvalue weighted by atomic mass is 9.70. The number of nitrogens with zero attached hydrogens (tertiary/aromatic N) is 2. The van der Waals surface area contributed by atoms with Crippen LogP contribution in [-0.2, 0) is 10.2 Å². The minimum atomic E-state index is -0.498. The normalized spacial score (nSPS) is 12.1. The SMILES string of the molecule is CCCNC(=O)C(CCCN(C)C)(CCCN(C)C)c1cccc2ccccc12. The molecule has 0 saturated heterocycles. The Labute approximate surface area is 177 Å². The van der Waals surface area contributed by atoms with Gasteiger partial charge in [-0.1, -0.05) is 49.4 Å². The first-order valence-corrected chi connectivity index (χ1v) is 11.0. The fraction of sp³-hybridized carbons (Fsp3) is 0.560. The lowest BCUT2D eigenvalue weighted by molar-refractivity contribution is -0.127. The van der Waals surface area contributed by atoms with Crippen LogP contribution in [0.15, 0.2) is 42.5 Å². The molecule has 0 saturated carbocycles. The van der Waals surface area contributed by atoms with Crippen molar-refractivity contribution in [3.63, 3.8) is 0 Å². The molecule has 0 atom stereocenters. The average molecular weight is 398 g/mol. The molecule has 2 aromatic carbocycles. The van der Waals surface area contributed by atoms with E-state index in [-0.39, 0.29) is 5.91 Å². The van der Waals surface area contributed by atoms with E-state index in [0.29, 0.717) is 0 Å². The molecule has 0 aliphatic rings. The lowest BCUT2D eigenvalue weighted by Gasteiger charge is -2.35. The molecule has 29 heavy (non-hydrogen) atoms. The number of nitrogens with one attached hydrogen (secondary N) is 1. The van der Waals surface area contributed by atoms with Gasteiger partial charge in [-0.15, -0.1) is 0 Å². The van der Waals surface area contributed by atoms with Crippen LogP contribution < -0.4 is 5.32 Å². The van der Waals surface area contributed by atoms with E-state index in [2.05, 4.69) is 92.7 Å². The van der Waals surface area contributed by atoms with Gasteiger partial charge >= 0.3 is 0 Å². The van der Waals surface area contributed by atoms with Crippen LogP contribution in [-0.4, -0.2) is 63.5 Å². The summed E-state index contributed by atoms with van der Waals surface area (Å²) in [4.78, 5) is 18.1.